The number of fused-ring (bicyclic) bond motifs is 1. The van der Waals surface area contributed by atoms with Gasteiger partial charge in [-0.1, -0.05) is 30.3 Å². The molecule has 0 radical (unpaired) electrons. The number of benzene rings is 2. The van der Waals surface area contributed by atoms with Crippen LogP contribution in [0.2, 0.25) is 0 Å². The van der Waals surface area contributed by atoms with Gasteiger partial charge in [0.05, 0.1) is 12.7 Å². The average Bonchev–Trinajstić information content (AvgIpc) is 2.76. The highest BCUT2D eigenvalue weighted by atomic mass is 16.6. The van der Waals surface area contributed by atoms with Gasteiger partial charge >= 0.3 is 5.97 Å². The Bertz CT molecular complexity index is 835. The van der Waals surface area contributed by atoms with Gasteiger partial charge in [-0.25, -0.2) is 4.79 Å². The molecular weight excluding hydrogens is 374 g/mol. The largest absolute Gasteiger partial charge is 0.493 e. The van der Waals surface area contributed by atoms with Crippen molar-refractivity contribution in [2.24, 2.45) is 0 Å². The predicted octanol–water partition coefficient (Wildman–Crippen LogP) is 2.76. The molecule has 0 saturated heterocycles. The first-order chi connectivity index (χ1) is 14.1. The van der Waals surface area contributed by atoms with Gasteiger partial charge in [0.25, 0.3) is 5.91 Å². The van der Waals surface area contributed by atoms with Crippen molar-refractivity contribution in [1.29, 1.82) is 0 Å². The fourth-order valence-corrected chi connectivity index (χ4v) is 3.02. The summed E-state index contributed by atoms with van der Waals surface area (Å²) in [5.74, 6) is 0.283. The fraction of sp³-hybridized carbons (Fsp3) is 0.364. The molecule has 2 aromatic rings. The van der Waals surface area contributed by atoms with E-state index in [9.17, 15) is 9.59 Å². The molecule has 0 bridgehead atoms. The number of methoxy groups -OCH3 is 1. The van der Waals surface area contributed by atoms with Crippen LogP contribution < -0.4 is 19.5 Å². The summed E-state index contributed by atoms with van der Waals surface area (Å²) in [6, 6.07) is 13.1. The number of carbonyl (C=O) groups excluding carboxylic acids is 2. The Morgan fingerprint density at radius 3 is 2.66 bits per heavy atom. The Balaban J connectivity index is 1.49. The lowest BCUT2D eigenvalue weighted by Gasteiger charge is -2.21. The minimum absolute atomic E-state index is 0.0317. The van der Waals surface area contributed by atoms with E-state index in [1.165, 1.54) is 24.8 Å². The Morgan fingerprint density at radius 2 is 1.90 bits per heavy atom. The molecule has 29 heavy (non-hydrogen) atoms. The maximum absolute atomic E-state index is 12.3. The van der Waals surface area contributed by atoms with E-state index >= 15 is 0 Å². The smallest absolute Gasteiger partial charge is 0.338 e. The molecule has 1 atom stereocenters. The van der Waals surface area contributed by atoms with Crippen LogP contribution in [0.15, 0.2) is 42.5 Å². The molecule has 7 heteroatoms. The van der Waals surface area contributed by atoms with Gasteiger partial charge in [0.15, 0.2) is 18.1 Å². The summed E-state index contributed by atoms with van der Waals surface area (Å²) in [6.45, 7) is 2.37. The summed E-state index contributed by atoms with van der Waals surface area (Å²) in [5, 5.41) is 2.84. The van der Waals surface area contributed by atoms with Crippen LogP contribution >= 0.6 is 0 Å². The quantitative estimate of drug-likeness (QED) is 0.688. The Labute approximate surface area is 169 Å². The van der Waals surface area contributed by atoms with E-state index in [1.807, 2.05) is 25.1 Å². The van der Waals surface area contributed by atoms with E-state index in [-0.39, 0.29) is 24.1 Å². The van der Waals surface area contributed by atoms with E-state index in [0.29, 0.717) is 30.5 Å². The monoisotopic (exact) mass is 399 g/mol. The van der Waals surface area contributed by atoms with Crippen LogP contribution in [0, 0.1) is 0 Å². The van der Waals surface area contributed by atoms with Crippen LogP contribution in [0.25, 0.3) is 0 Å². The first-order valence-corrected chi connectivity index (χ1v) is 9.55. The number of esters is 1. The molecule has 0 spiro atoms. The van der Waals surface area contributed by atoms with Gasteiger partial charge in [-0.05, 0) is 37.5 Å². The second-order valence-corrected chi connectivity index (χ2v) is 6.77. The molecule has 0 saturated carbocycles. The summed E-state index contributed by atoms with van der Waals surface area (Å²) in [6.07, 6.45) is 1.65. The Kier molecular flexibility index (Phi) is 6.94. The summed E-state index contributed by atoms with van der Waals surface area (Å²) < 4.78 is 21.4. The SMILES string of the molecule is COc1cc(C(=O)OCC(=O)N[C@H](C)CCc2ccccc2)cc2c1OCCO2. The van der Waals surface area contributed by atoms with Crippen molar-refractivity contribution >= 4 is 11.9 Å². The number of hydrogen-bond acceptors (Lipinski definition) is 6. The predicted molar refractivity (Wildman–Crippen MR) is 107 cm³/mol. The minimum Gasteiger partial charge on any atom is -0.493 e. The highest BCUT2D eigenvalue weighted by molar-refractivity contribution is 5.92. The highest BCUT2D eigenvalue weighted by Gasteiger charge is 2.22. The summed E-state index contributed by atoms with van der Waals surface area (Å²) in [4.78, 5) is 24.4. The van der Waals surface area contributed by atoms with Crippen LogP contribution in [-0.4, -0.2) is 44.8 Å². The number of ether oxygens (including phenoxy) is 4. The minimum atomic E-state index is -0.632. The maximum atomic E-state index is 12.3. The summed E-state index contributed by atoms with van der Waals surface area (Å²) in [5.41, 5.74) is 1.45. The van der Waals surface area contributed by atoms with E-state index < -0.39 is 5.97 Å². The topological polar surface area (TPSA) is 83.1 Å². The third kappa shape index (κ3) is 5.63. The Hall–Kier alpha value is -3.22. The van der Waals surface area contributed by atoms with E-state index in [2.05, 4.69) is 17.4 Å². The van der Waals surface area contributed by atoms with Crippen LogP contribution in [0.1, 0.15) is 29.3 Å². The number of rotatable bonds is 8. The number of aryl methyl sites for hydroxylation is 1. The summed E-state index contributed by atoms with van der Waals surface area (Å²) in [7, 11) is 1.48. The molecule has 1 N–H and O–H groups in total. The van der Waals surface area contributed by atoms with Crippen molar-refractivity contribution in [3.05, 3.63) is 53.6 Å². The van der Waals surface area contributed by atoms with Crippen molar-refractivity contribution in [2.45, 2.75) is 25.8 Å². The standard InChI is InChI=1S/C22H25NO6/c1-15(8-9-16-6-4-3-5-7-16)23-20(24)14-29-22(25)17-12-18(26-2)21-19(13-17)27-10-11-28-21/h3-7,12-13,15H,8-11,14H2,1-2H3,(H,23,24)/t15-/m1/s1. The number of hydrogen-bond donors (Lipinski definition) is 1. The molecule has 1 aliphatic rings. The molecule has 3 rings (SSSR count). The number of carbonyl (C=O) groups is 2. The van der Waals surface area contributed by atoms with Crippen LogP contribution in [0.3, 0.4) is 0 Å². The van der Waals surface area contributed by atoms with Crippen LogP contribution in [-0.2, 0) is 16.0 Å². The van der Waals surface area contributed by atoms with Crippen molar-refractivity contribution in [3.63, 3.8) is 0 Å². The first kappa shape index (κ1) is 20.5. The van der Waals surface area contributed by atoms with Gasteiger partial charge in [-0.3, -0.25) is 4.79 Å². The molecule has 0 unspecified atom stereocenters. The van der Waals surface area contributed by atoms with Gasteiger partial charge in [0, 0.05) is 6.04 Å². The molecule has 0 aliphatic carbocycles. The third-order valence-corrected chi connectivity index (χ3v) is 4.51. The lowest BCUT2D eigenvalue weighted by molar-refractivity contribution is -0.124. The highest BCUT2D eigenvalue weighted by Crippen LogP contribution is 2.40. The molecule has 0 aromatic heterocycles. The molecule has 2 aromatic carbocycles. The molecule has 1 heterocycles. The fourth-order valence-electron chi connectivity index (χ4n) is 3.02. The average molecular weight is 399 g/mol. The van der Waals surface area contributed by atoms with E-state index in [1.54, 1.807) is 0 Å². The molecule has 1 amide bonds. The van der Waals surface area contributed by atoms with Gasteiger partial charge < -0.3 is 24.3 Å². The molecule has 1 aliphatic heterocycles. The zero-order valence-corrected chi connectivity index (χ0v) is 16.6. The second kappa shape index (κ2) is 9.82. The van der Waals surface area contributed by atoms with Crippen molar-refractivity contribution < 1.29 is 28.5 Å². The van der Waals surface area contributed by atoms with Gasteiger partial charge in [0.2, 0.25) is 5.75 Å². The third-order valence-electron chi connectivity index (χ3n) is 4.51. The lowest BCUT2D eigenvalue weighted by Crippen LogP contribution is -2.36. The maximum Gasteiger partial charge on any atom is 0.338 e. The van der Waals surface area contributed by atoms with Crippen molar-refractivity contribution in [2.75, 3.05) is 26.9 Å². The van der Waals surface area contributed by atoms with Gasteiger partial charge in [0.1, 0.15) is 13.2 Å². The Morgan fingerprint density at radius 1 is 1.14 bits per heavy atom. The second-order valence-electron chi connectivity index (χ2n) is 6.77. The molecule has 7 nitrogen and oxygen atoms in total. The lowest BCUT2D eigenvalue weighted by atomic mass is 10.1. The van der Waals surface area contributed by atoms with E-state index in [4.69, 9.17) is 18.9 Å². The first-order valence-electron chi connectivity index (χ1n) is 9.55. The normalized spacial score (nSPS) is 13.3. The van der Waals surface area contributed by atoms with E-state index in [0.717, 1.165) is 12.8 Å². The molecular formula is C22H25NO6. The van der Waals surface area contributed by atoms with Gasteiger partial charge in [-0.15, -0.1) is 0 Å². The summed E-state index contributed by atoms with van der Waals surface area (Å²) >= 11 is 0. The van der Waals surface area contributed by atoms with Crippen LogP contribution in [0.4, 0.5) is 0 Å². The molecule has 0 fully saturated rings. The van der Waals surface area contributed by atoms with Crippen molar-refractivity contribution in [3.8, 4) is 17.2 Å². The van der Waals surface area contributed by atoms with Crippen molar-refractivity contribution in [1.82, 2.24) is 5.32 Å². The number of amides is 1. The van der Waals surface area contributed by atoms with Gasteiger partial charge in [-0.2, -0.15) is 0 Å². The number of nitrogens with one attached hydrogen (secondary N) is 1. The molecule has 154 valence electrons. The zero-order chi connectivity index (χ0) is 20.6. The van der Waals surface area contributed by atoms with Crippen LogP contribution in [0.5, 0.6) is 17.2 Å². The zero-order valence-electron chi connectivity index (χ0n) is 16.6.